The number of ether oxygens (including phenoxy) is 1. The summed E-state index contributed by atoms with van der Waals surface area (Å²) in [6.07, 6.45) is 3.74. The summed E-state index contributed by atoms with van der Waals surface area (Å²) in [7, 11) is 0. The van der Waals surface area contributed by atoms with E-state index in [1.165, 1.54) is 0 Å². The first kappa shape index (κ1) is 17.1. The third-order valence-corrected chi connectivity index (χ3v) is 0.651. The molecule has 0 heterocycles. The van der Waals surface area contributed by atoms with E-state index in [4.69, 9.17) is 0 Å². The molecule has 0 amide bonds. The average molecular weight is 174 g/mol. The van der Waals surface area contributed by atoms with E-state index >= 15 is 0 Å². The first-order valence-electron chi connectivity index (χ1n) is 3.56. The van der Waals surface area contributed by atoms with Crippen LogP contribution in [0.25, 0.3) is 0 Å². The molecule has 0 atom stereocenters. The van der Waals surface area contributed by atoms with Gasteiger partial charge >= 0.3 is 5.97 Å². The fourth-order valence-corrected chi connectivity index (χ4v) is 0.254. The van der Waals surface area contributed by atoms with Gasteiger partial charge in [-0.05, 0) is 6.92 Å². The molecule has 0 fully saturated rings. The minimum atomic E-state index is -0.176. The van der Waals surface area contributed by atoms with Crippen LogP contribution in [0.15, 0.2) is 25.3 Å². The molecule has 0 radical (unpaired) electrons. The molecule has 0 unspecified atom stereocenters. The van der Waals surface area contributed by atoms with Crippen molar-refractivity contribution in [1.82, 2.24) is 0 Å². The lowest BCUT2D eigenvalue weighted by atomic mass is 10.5. The highest BCUT2D eigenvalue weighted by Gasteiger charge is 1.92. The van der Waals surface area contributed by atoms with E-state index in [0.717, 1.165) is 0 Å². The summed E-state index contributed by atoms with van der Waals surface area (Å²) in [6.45, 7) is 10.7. The first-order valence-corrected chi connectivity index (χ1v) is 3.56. The van der Waals surface area contributed by atoms with E-state index in [-0.39, 0.29) is 11.4 Å². The molecule has 3 heteroatoms. The number of carbonyl (C=O) groups excluding carboxylic acids is 1. The second-order valence-electron chi connectivity index (χ2n) is 1.73. The Morgan fingerprint density at radius 2 is 1.92 bits per heavy atom. The molecule has 0 aliphatic carbocycles. The van der Waals surface area contributed by atoms with Crippen LogP contribution in [0.2, 0.25) is 0 Å². The SMILES string of the molecule is C=CC.C=CCOC(=O)CC.O. The van der Waals surface area contributed by atoms with Gasteiger partial charge in [0.2, 0.25) is 0 Å². The molecule has 0 bridgehead atoms. The highest BCUT2D eigenvalue weighted by Crippen LogP contribution is 1.82. The molecule has 0 saturated carbocycles. The van der Waals surface area contributed by atoms with Gasteiger partial charge in [-0.25, -0.2) is 0 Å². The predicted molar refractivity (Wildman–Crippen MR) is 50.9 cm³/mol. The maximum absolute atomic E-state index is 10.3. The third kappa shape index (κ3) is 23.1. The zero-order valence-corrected chi connectivity index (χ0v) is 7.80. The molecule has 0 saturated heterocycles. The number of rotatable bonds is 3. The minimum Gasteiger partial charge on any atom is -0.461 e. The second-order valence-corrected chi connectivity index (χ2v) is 1.73. The Labute approximate surface area is 74.0 Å². The van der Waals surface area contributed by atoms with Gasteiger partial charge in [-0.2, -0.15) is 0 Å². The molecule has 0 aromatic carbocycles. The van der Waals surface area contributed by atoms with Gasteiger partial charge in [0.15, 0.2) is 0 Å². The van der Waals surface area contributed by atoms with Crippen LogP contribution in [0.1, 0.15) is 20.3 Å². The molecule has 0 aromatic heterocycles. The monoisotopic (exact) mass is 174 g/mol. The third-order valence-electron chi connectivity index (χ3n) is 0.651. The summed E-state index contributed by atoms with van der Waals surface area (Å²) in [5.74, 6) is -0.176. The topological polar surface area (TPSA) is 57.8 Å². The summed E-state index contributed by atoms with van der Waals surface area (Å²) in [5.41, 5.74) is 0. The molecule has 3 nitrogen and oxygen atoms in total. The minimum absolute atomic E-state index is 0. The molecule has 12 heavy (non-hydrogen) atoms. The van der Waals surface area contributed by atoms with Gasteiger partial charge in [-0.1, -0.05) is 25.7 Å². The Morgan fingerprint density at radius 3 is 2.17 bits per heavy atom. The van der Waals surface area contributed by atoms with Crippen LogP contribution >= 0.6 is 0 Å². The molecule has 72 valence electrons. The van der Waals surface area contributed by atoms with E-state index < -0.39 is 0 Å². The maximum atomic E-state index is 10.3. The molecule has 0 aliphatic heterocycles. The van der Waals surface area contributed by atoms with Crippen molar-refractivity contribution in [3.63, 3.8) is 0 Å². The molecule has 0 rings (SSSR count). The molecular formula is C9H18O3. The summed E-state index contributed by atoms with van der Waals surface area (Å²) in [6, 6.07) is 0. The standard InChI is InChI=1S/C6H10O2.C3H6.H2O/c1-3-5-8-6(7)4-2;1-3-2;/h3H,1,4-5H2,2H3;3H,1H2,2H3;1H2. The van der Waals surface area contributed by atoms with Gasteiger partial charge < -0.3 is 10.2 Å². The lowest BCUT2D eigenvalue weighted by molar-refractivity contribution is -0.141. The fraction of sp³-hybridized carbons (Fsp3) is 0.444. The van der Waals surface area contributed by atoms with Gasteiger partial charge in [-0.3, -0.25) is 4.79 Å². The highest BCUT2D eigenvalue weighted by molar-refractivity contribution is 5.68. The van der Waals surface area contributed by atoms with E-state index in [1.807, 2.05) is 6.92 Å². The van der Waals surface area contributed by atoms with Crippen LogP contribution in [0.5, 0.6) is 0 Å². The lowest BCUT2D eigenvalue weighted by Gasteiger charge is -1.94. The molecule has 0 spiro atoms. The van der Waals surface area contributed by atoms with Crippen LogP contribution in [0, 0.1) is 0 Å². The molecule has 0 aliphatic rings. The Balaban J connectivity index is -0.000000177. The summed E-state index contributed by atoms with van der Waals surface area (Å²) < 4.78 is 4.58. The Bertz CT molecular complexity index is 119. The quantitative estimate of drug-likeness (QED) is 0.481. The van der Waals surface area contributed by atoms with E-state index in [0.29, 0.717) is 13.0 Å². The predicted octanol–water partition coefficient (Wildman–Crippen LogP) is 1.49. The summed E-state index contributed by atoms with van der Waals surface area (Å²) in [4.78, 5) is 10.3. The summed E-state index contributed by atoms with van der Waals surface area (Å²) in [5, 5.41) is 0. The molecular weight excluding hydrogens is 156 g/mol. The lowest BCUT2D eigenvalue weighted by Crippen LogP contribution is -2.00. The van der Waals surface area contributed by atoms with Crippen molar-refractivity contribution in [2.75, 3.05) is 6.61 Å². The van der Waals surface area contributed by atoms with Gasteiger partial charge in [-0.15, -0.1) is 6.58 Å². The zero-order chi connectivity index (χ0) is 9.11. The second kappa shape index (κ2) is 16.5. The number of allylic oxidation sites excluding steroid dienone is 1. The van der Waals surface area contributed by atoms with Crippen molar-refractivity contribution in [2.24, 2.45) is 0 Å². The number of esters is 1. The Hall–Kier alpha value is -1.09. The number of hydrogen-bond acceptors (Lipinski definition) is 2. The van der Waals surface area contributed by atoms with Gasteiger partial charge in [0, 0.05) is 6.42 Å². The Morgan fingerprint density at radius 1 is 1.50 bits per heavy atom. The van der Waals surface area contributed by atoms with Gasteiger partial charge in [0.25, 0.3) is 0 Å². The van der Waals surface area contributed by atoms with E-state index in [1.54, 1.807) is 19.1 Å². The zero-order valence-electron chi connectivity index (χ0n) is 7.80. The largest absolute Gasteiger partial charge is 0.461 e. The van der Waals surface area contributed by atoms with E-state index in [9.17, 15) is 4.79 Å². The van der Waals surface area contributed by atoms with Crippen LogP contribution in [-0.4, -0.2) is 18.1 Å². The van der Waals surface area contributed by atoms with Gasteiger partial charge in [0.05, 0.1) is 0 Å². The average Bonchev–Trinajstić information content (AvgIpc) is 2.02. The number of carbonyl (C=O) groups is 1. The van der Waals surface area contributed by atoms with Crippen molar-refractivity contribution < 1.29 is 15.0 Å². The van der Waals surface area contributed by atoms with Crippen LogP contribution in [-0.2, 0) is 9.53 Å². The highest BCUT2D eigenvalue weighted by atomic mass is 16.5. The molecule has 2 N–H and O–H groups in total. The first-order chi connectivity index (χ1) is 5.22. The van der Waals surface area contributed by atoms with Crippen molar-refractivity contribution in [3.8, 4) is 0 Å². The smallest absolute Gasteiger partial charge is 0.305 e. The van der Waals surface area contributed by atoms with Crippen LogP contribution in [0.4, 0.5) is 0 Å². The van der Waals surface area contributed by atoms with E-state index in [2.05, 4.69) is 17.9 Å². The number of hydrogen-bond donors (Lipinski definition) is 0. The van der Waals surface area contributed by atoms with Crippen molar-refractivity contribution >= 4 is 5.97 Å². The fourth-order valence-electron chi connectivity index (χ4n) is 0.254. The van der Waals surface area contributed by atoms with Gasteiger partial charge in [0.1, 0.15) is 6.61 Å². The molecule has 0 aromatic rings. The van der Waals surface area contributed by atoms with Crippen LogP contribution in [0.3, 0.4) is 0 Å². The van der Waals surface area contributed by atoms with Crippen LogP contribution < -0.4 is 0 Å². The normalized spacial score (nSPS) is 6.50. The van der Waals surface area contributed by atoms with Crippen molar-refractivity contribution in [3.05, 3.63) is 25.3 Å². The van der Waals surface area contributed by atoms with Crippen molar-refractivity contribution in [2.45, 2.75) is 20.3 Å². The Kier molecular flexibility index (Phi) is 23.5. The summed E-state index contributed by atoms with van der Waals surface area (Å²) >= 11 is 0. The maximum Gasteiger partial charge on any atom is 0.305 e. The van der Waals surface area contributed by atoms with Crippen molar-refractivity contribution in [1.29, 1.82) is 0 Å².